The van der Waals surface area contributed by atoms with E-state index in [9.17, 15) is 4.79 Å². The second-order valence-corrected chi connectivity index (χ2v) is 6.27. The molecule has 0 spiro atoms. The summed E-state index contributed by atoms with van der Waals surface area (Å²) in [4.78, 5) is 12.5. The van der Waals surface area contributed by atoms with Crippen LogP contribution in [0, 0.1) is 13.8 Å². The zero-order valence-electron chi connectivity index (χ0n) is 13.6. The summed E-state index contributed by atoms with van der Waals surface area (Å²) in [6, 6.07) is 15.2. The summed E-state index contributed by atoms with van der Waals surface area (Å²) in [5.74, 6) is 0.522. The fourth-order valence-corrected chi connectivity index (χ4v) is 2.75. The Labute approximate surface area is 146 Å². The van der Waals surface area contributed by atoms with Gasteiger partial charge in [-0.1, -0.05) is 40.9 Å². The molecule has 0 unspecified atom stereocenters. The van der Waals surface area contributed by atoms with E-state index in [0.717, 1.165) is 16.7 Å². The van der Waals surface area contributed by atoms with Crippen molar-refractivity contribution in [3.8, 4) is 0 Å². The quantitative estimate of drug-likeness (QED) is 0.763. The number of nitrogens with zero attached hydrogens (tertiary/aromatic N) is 2. The van der Waals surface area contributed by atoms with Crippen LogP contribution in [0.2, 0.25) is 5.02 Å². The number of nitrogens with one attached hydrogen (secondary N) is 1. The summed E-state index contributed by atoms with van der Waals surface area (Å²) in [6.07, 6.45) is 1.67. The third-order valence-corrected chi connectivity index (χ3v) is 3.94. The van der Waals surface area contributed by atoms with Gasteiger partial charge in [-0.15, -0.1) is 0 Å². The molecule has 0 aliphatic rings. The van der Waals surface area contributed by atoms with Crippen LogP contribution in [0.3, 0.4) is 0 Å². The first kappa shape index (κ1) is 16.3. The predicted octanol–water partition coefficient (Wildman–Crippen LogP) is 4.45. The smallest absolute Gasteiger partial charge is 0.256 e. The van der Waals surface area contributed by atoms with Crippen molar-refractivity contribution in [2.24, 2.45) is 0 Å². The molecule has 122 valence electrons. The summed E-state index contributed by atoms with van der Waals surface area (Å²) >= 11 is 5.91. The lowest BCUT2D eigenvalue weighted by Crippen LogP contribution is -2.16. The molecule has 3 rings (SSSR count). The molecule has 0 radical (unpaired) electrons. The number of anilines is 1. The number of amides is 1. The van der Waals surface area contributed by atoms with Gasteiger partial charge in [0.1, 0.15) is 5.82 Å². The molecule has 24 heavy (non-hydrogen) atoms. The molecule has 1 amide bonds. The maximum atomic E-state index is 12.5. The molecule has 3 aromatic rings. The van der Waals surface area contributed by atoms with Crippen molar-refractivity contribution in [2.45, 2.75) is 20.4 Å². The number of rotatable bonds is 4. The highest BCUT2D eigenvalue weighted by atomic mass is 35.5. The Kier molecular flexibility index (Phi) is 4.67. The molecule has 0 atom stereocenters. The van der Waals surface area contributed by atoms with Gasteiger partial charge in [0, 0.05) is 16.7 Å². The van der Waals surface area contributed by atoms with Gasteiger partial charge in [-0.2, -0.15) is 5.10 Å². The number of halogens is 1. The molecule has 1 heterocycles. The third kappa shape index (κ3) is 3.84. The average molecular weight is 340 g/mol. The monoisotopic (exact) mass is 339 g/mol. The van der Waals surface area contributed by atoms with Crippen LogP contribution in [0.25, 0.3) is 0 Å². The summed E-state index contributed by atoms with van der Waals surface area (Å²) in [6.45, 7) is 4.52. The van der Waals surface area contributed by atoms with E-state index in [4.69, 9.17) is 11.6 Å². The van der Waals surface area contributed by atoms with Crippen LogP contribution >= 0.6 is 11.6 Å². The van der Waals surface area contributed by atoms with Gasteiger partial charge in [-0.25, -0.2) is 4.68 Å². The Morgan fingerprint density at radius 1 is 1.08 bits per heavy atom. The highest BCUT2D eigenvalue weighted by Gasteiger charge is 2.11. The van der Waals surface area contributed by atoms with Gasteiger partial charge in [0.15, 0.2) is 0 Å². The fraction of sp³-hybridized carbons (Fsp3) is 0.158. The van der Waals surface area contributed by atoms with E-state index in [2.05, 4.69) is 10.4 Å². The maximum Gasteiger partial charge on any atom is 0.256 e. The van der Waals surface area contributed by atoms with E-state index in [1.165, 1.54) is 0 Å². The van der Waals surface area contributed by atoms with Crippen molar-refractivity contribution in [2.75, 3.05) is 5.32 Å². The lowest BCUT2D eigenvalue weighted by atomic mass is 10.1. The van der Waals surface area contributed by atoms with Crippen molar-refractivity contribution in [3.63, 3.8) is 0 Å². The number of hydrogen-bond acceptors (Lipinski definition) is 2. The van der Waals surface area contributed by atoms with E-state index in [1.54, 1.807) is 16.9 Å². The fourth-order valence-electron chi connectivity index (χ4n) is 2.62. The largest absolute Gasteiger partial charge is 0.307 e. The van der Waals surface area contributed by atoms with Crippen LogP contribution < -0.4 is 5.32 Å². The van der Waals surface area contributed by atoms with Gasteiger partial charge in [0.25, 0.3) is 5.91 Å². The van der Waals surface area contributed by atoms with E-state index in [-0.39, 0.29) is 5.91 Å². The molecule has 4 nitrogen and oxygen atoms in total. The first-order valence-corrected chi connectivity index (χ1v) is 8.05. The standard InChI is InChI=1S/C19H18ClN3O/c1-13-9-14(2)11-16(10-13)19(24)22-18-7-8-21-23(18)12-15-3-5-17(20)6-4-15/h3-11H,12H2,1-2H3,(H,22,24). The number of hydrogen-bond donors (Lipinski definition) is 1. The van der Waals surface area contributed by atoms with E-state index in [1.807, 2.05) is 56.3 Å². The summed E-state index contributed by atoms with van der Waals surface area (Å²) in [5, 5.41) is 7.91. The van der Waals surface area contributed by atoms with Gasteiger partial charge in [0.2, 0.25) is 0 Å². The molecule has 1 N–H and O–H groups in total. The van der Waals surface area contributed by atoms with Gasteiger partial charge in [-0.05, 0) is 43.7 Å². The van der Waals surface area contributed by atoms with Crippen LogP contribution in [-0.4, -0.2) is 15.7 Å². The topological polar surface area (TPSA) is 46.9 Å². The molecule has 0 fully saturated rings. The molecule has 5 heteroatoms. The Hall–Kier alpha value is -2.59. The minimum Gasteiger partial charge on any atom is -0.307 e. The van der Waals surface area contributed by atoms with Crippen LogP contribution in [0.15, 0.2) is 54.7 Å². The lowest BCUT2D eigenvalue weighted by Gasteiger charge is -2.10. The summed E-state index contributed by atoms with van der Waals surface area (Å²) < 4.78 is 1.75. The van der Waals surface area contributed by atoms with E-state index < -0.39 is 0 Å². The zero-order chi connectivity index (χ0) is 17.1. The normalized spacial score (nSPS) is 10.6. The number of carbonyl (C=O) groups excluding carboxylic acids is 1. The van der Waals surface area contributed by atoms with Crippen molar-refractivity contribution < 1.29 is 4.79 Å². The van der Waals surface area contributed by atoms with Crippen molar-refractivity contribution in [3.05, 3.63) is 82.0 Å². The molecule has 0 aliphatic heterocycles. The van der Waals surface area contributed by atoms with Gasteiger partial charge < -0.3 is 5.32 Å². The predicted molar refractivity (Wildman–Crippen MR) is 96.7 cm³/mol. The van der Waals surface area contributed by atoms with Crippen LogP contribution in [0.5, 0.6) is 0 Å². The number of carbonyl (C=O) groups is 1. The van der Waals surface area contributed by atoms with Crippen molar-refractivity contribution >= 4 is 23.3 Å². The molecule has 1 aromatic heterocycles. The van der Waals surface area contributed by atoms with E-state index in [0.29, 0.717) is 22.9 Å². The van der Waals surface area contributed by atoms with Crippen molar-refractivity contribution in [1.82, 2.24) is 9.78 Å². The van der Waals surface area contributed by atoms with Crippen LogP contribution in [0.4, 0.5) is 5.82 Å². The number of aromatic nitrogens is 2. The molecule has 0 saturated carbocycles. The second kappa shape index (κ2) is 6.89. The molecular formula is C19H18ClN3O. The van der Waals surface area contributed by atoms with Gasteiger partial charge in [0.05, 0.1) is 12.7 Å². The van der Waals surface area contributed by atoms with Crippen molar-refractivity contribution in [1.29, 1.82) is 0 Å². The minimum absolute atomic E-state index is 0.139. The summed E-state index contributed by atoms with van der Waals surface area (Å²) in [7, 11) is 0. The highest BCUT2D eigenvalue weighted by molar-refractivity contribution is 6.30. The van der Waals surface area contributed by atoms with Gasteiger partial charge >= 0.3 is 0 Å². The Morgan fingerprint density at radius 3 is 2.42 bits per heavy atom. The Balaban J connectivity index is 1.77. The SMILES string of the molecule is Cc1cc(C)cc(C(=O)Nc2ccnn2Cc2ccc(Cl)cc2)c1. The zero-order valence-corrected chi connectivity index (χ0v) is 14.3. The highest BCUT2D eigenvalue weighted by Crippen LogP contribution is 2.15. The molecule has 0 aliphatic carbocycles. The number of benzene rings is 2. The first-order chi connectivity index (χ1) is 11.5. The second-order valence-electron chi connectivity index (χ2n) is 5.83. The van der Waals surface area contributed by atoms with E-state index >= 15 is 0 Å². The van der Waals surface area contributed by atoms with Crippen LogP contribution in [0.1, 0.15) is 27.0 Å². The Morgan fingerprint density at radius 2 is 1.75 bits per heavy atom. The molecular weight excluding hydrogens is 322 g/mol. The molecule has 0 saturated heterocycles. The third-order valence-electron chi connectivity index (χ3n) is 3.69. The van der Waals surface area contributed by atoms with Gasteiger partial charge in [-0.3, -0.25) is 4.79 Å². The number of aryl methyl sites for hydroxylation is 2. The van der Waals surface area contributed by atoms with Crippen LogP contribution in [-0.2, 0) is 6.54 Å². The molecule has 2 aromatic carbocycles. The lowest BCUT2D eigenvalue weighted by molar-refractivity contribution is 0.102. The maximum absolute atomic E-state index is 12.5. The minimum atomic E-state index is -0.139. The Bertz CT molecular complexity index is 848. The molecule has 0 bridgehead atoms. The average Bonchev–Trinajstić information content (AvgIpc) is 2.95. The first-order valence-electron chi connectivity index (χ1n) is 7.67. The summed E-state index contributed by atoms with van der Waals surface area (Å²) in [5.41, 5.74) is 3.83.